The summed E-state index contributed by atoms with van der Waals surface area (Å²) >= 11 is 0. The highest BCUT2D eigenvalue weighted by atomic mass is 16.2. The third-order valence-corrected chi connectivity index (χ3v) is 4.21. The smallest absolute Gasteiger partial charge is 0.320 e. The van der Waals surface area contributed by atoms with E-state index in [1.165, 1.54) is 5.56 Å². The summed E-state index contributed by atoms with van der Waals surface area (Å²) in [6.45, 7) is 6.74. The van der Waals surface area contributed by atoms with Gasteiger partial charge in [-0.25, -0.2) is 4.79 Å². The molecule has 1 aliphatic heterocycles. The zero-order chi connectivity index (χ0) is 15.9. The number of aryl methyl sites for hydroxylation is 1. The maximum Gasteiger partial charge on any atom is 0.326 e. The second kappa shape index (κ2) is 5.09. The molecule has 5 heteroatoms. The average molecular weight is 296 g/mol. The molecule has 0 N–H and O–H groups in total. The van der Waals surface area contributed by atoms with Crippen LogP contribution in [0.1, 0.15) is 19.4 Å². The summed E-state index contributed by atoms with van der Waals surface area (Å²) in [7, 11) is 1.82. The van der Waals surface area contributed by atoms with Crippen molar-refractivity contribution in [2.75, 3.05) is 18.5 Å². The van der Waals surface area contributed by atoms with Crippen molar-refractivity contribution < 1.29 is 4.79 Å². The quantitative estimate of drug-likeness (QED) is 0.855. The van der Waals surface area contributed by atoms with Crippen molar-refractivity contribution in [1.29, 1.82) is 0 Å². The normalized spacial score (nSPS) is 17.2. The molecule has 114 valence electrons. The average Bonchev–Trinajstić information content (AvgIpc) is 2.71. The minimum absolute atomic E-state index is 0.0393. The molecule has 1 aliphatic rings. The van der Waals surface area contributed by atoms with Crippen LogP contribution < -0.4 is 4.90 Å². The van der Waals surface area contributed by atoms with E-state index in [0.717, 1.165) is 11.3 Å². The molecule has 22 heavy (non-hydrogen) atoms. The van der Waals surface area contributed by atoms with E-state index in [1.807, 2.05) is 58.2 Å². The fraction of sp³-hybridized carbons (Fsp3) is 0.353. The number of anilines is 1. The highest BCUT2D eigenvalue weighted by Crippen LogP contribution is 2.28. The van der Waals surface area contributed by atoms with Gasteiger partial charge in [0.1, 0.15) is 0 Å². The zero-order valence-corrected chi connectivity index (χ0v) is 13.4. The van der Waals surface area contributed by atoms with Crippen molar-refractivity contribution >= 4 is 11.8 Å². The first kappa shape index (κ1) is 14.5. The predicted octanol–water partition coefficient (Wildman–Crippen LogP) is 3.10. The summed E-state index contributed by atoms with van der Waals surface area (Å²) in [5, 5.41) is 8.53. The first-order chi connectivity index (χ1) is 10.4. The lowest BCUT2D eigenvalue weighted by Crippen LogP contribution is -2.38. The van der Waals surface area contributed by atoms with Gasteiger partial charge >= 0.3 is 6.03 Å². The molecule has 1 fully saturated rings. The zero-order valence-electron chi connectivity index (χ0n) is 13.4. The van der Waals surface area contributed by atoms with Gasteiger partial charge in [-0.2, -0.15) is 0 Å². The number of benzene rings is 1. The van der Waals surface area contributed by atoms with Gasteiger partial charge in [-0.3, -0.25) is 4.90 Å². The summed E-state index contributed by atoms with van der Waals surface area (Å²) in [5.41, 5.74) is 2.82. The van der Waals surface area contributed by atoms with Gasteiger partial charge in [0.25, 0.3) is 0 Å². The monoisotopic (exact) mass is 296 g/mol. The molecule has 2 aromatic rings. The third kappa shape index (κ3) is 2.43. The number of nitrogens with zero attached hydrogens (tertiary/aromatic N) is 4. The lowest BCUT2D eigenvalue weighted by Gasteiger charge is -2.24. The standard InChI is InChI=1S/C17H20N4O/c1-12-6-5-7-13(10-12)14-8-9-15(19-18-14)21-11-17(2,3)20(4)16(21)22/h5-10H,11H2,1-4H3. The van der Waals surface area contributed by atoms with Crippen molar-refractivity contribution in [3.8, 4) is 11.3 Å². The second-order valence-electron chi connectivity index (χ2n) is 6.39. The number of urea groups is 1. The lowest BCUT2D eigenvalue weighted by atomic mass is 10.1. The molecule has 3 rings (SSSR count). The Morgan fingerprint density at radius 1 is 1.14 bits per heavy atom. The largest absolute Gasteiger partial charge is 0.326 e. The predicted molar refractivity (Wildman–Crippen MR) is 86.8 cm³/mol. The van der Waals surface area contributed by atoms with Gasteiger partial charge in [-0.1, -0.05) is 23.8 Å². The third-order valence-electron chi connectivity index (χ3n) is 4.21. The molecule has 0 aliphatic carbocycles. The summed E-state index contributed by atoms with van der Waals surface area (Å²) in [4.78, 5) is 15.7. The van der Waals surface area contributed by atoms with Gasteiger partial charge in [0.15, 0.2) is 5.82 Å². The topological polar surface area (TPSA) is 49.3 Å². The summed E-state index contributed by atoms with van der Waals surface area (Å²) < 4.78 is 0. The Morgan fingerprint density at radius 2 is 1.91 bits per heavy atom. The molecular weight excluding hydrogens is 276 g/mol. The Labute approximate surface area is 130 Å². The van der Waals surface area contributed by atoms with Crippen molar-refractivity contribution in [1.82, 2.24) is 15.1 Å². The fourth-order valence-electron chi connectivity index (χ4n) is 2.61. The molecule has 0 bridgehead atoms. The molecule has 2 amide bonds. The lowest BCUT2D eigenvalue weighted by molar-refractivity contribution is 0.198. The molecule has 0 radical (unpaired) electrons. The van der Waals surface area contributed by atoms with Crippen molar-refractivity contribution in [3.63, 3.8) is 0 Å². The van der Waals surface area contributed by atoms with Crippen LogP contribution >= 0.6 is 0 Å². The molecule has 1 aromatic carbocycles. The molecule has 5 nitrogen and oxygen atoms in total. The van der Waals surface area contributed by atoms with Gasteiger partial charge in [-0.05, 0) is 39.0 Å². The number of rotatable bonds is 2. The van der Waals surface area contributed by atoms with E-state index in [0.29, 0.717) is 12.4 Å². The number of carbonyl (C=O) groups excluding carboxylic acids is 1. The van der Waals surface area contributed by atoms with E-state index in [-0.39, 0.29) is 11.6 Å². The molecule has 2 heterocycles. The molecule has 0 atom stereocenters. The van der Waals surface area contributed by atoms with Crippen LogP contribution in [0.3, 0.4) is 0 Å². The Kier molecular flexibility index (Phi) is 3.35. The van der Waals surface area contributed by atoms with E-state index < -0.39 is 0 Å². The Bertz CT molecular complexity index is 709. The van der Waals surface area contributed by atoms with E-state index in [2.05, 4.69) is 16.3 Å². The number of carbonyl (C=O) groups is 1. The van der Waals surface area contributed by atoms with Gasteiger partial charge in [0.05, 0.1) is 17.8 Å². The molecule has 0 unspecified atom stereocenters. The first-order valence-electron chi connectivity index (χ1n) is 7.34. The number of hydrogen-bond donors (Lipinski definition) is 0. The van der Waals surface area contributed by atoms with Crippen LogP contribution in [0.5, 0.6) is 0 Å². The van der Waals surface area contributed by atoms with E-state index >= 15 is 0 Å². The Hall–Kier alpha value is -2.43. The highest BCUT2D eigenvalue weighted by molar-refractivity contribution is 5.94. The van der Waals surface area contributed by atoms with Crippen LogP contribution in [-0.2, 0) is 0 Å². The number of amides is 2. The summed E-state index contributed by atoms with van der Waals surface area (Å²) in [6, 6.07) is 11.9. The Morgan fingerprint density at radius 3 is 2.45 bits per heavy atom. The van der Waals surface area contributed by atoms with Crippen LogP contribution in [0.25, 0.3) is 11.3 Å². The number of aromatic nitrogens is 2. The van der Waals surface area contributed by atoms with Crippen LogP contribution in [-0.4, -0.2) is 40.3 Å². The number of hydrogen-bond acceptors (Lipinski definition) is 3. The molecule has 0 spiro atoms. The van der Waals surface area contributed by atoms with E-state index in [4.69, 9.17) is 0 Å². The van der Waals surface area contributed by atoms with Crippen LogP contribution in [0, 0.1) is 6.92 Å². The van der Waals surface area contributed by atoms with Crippen molar-refractivity contribution in [2.45, 2.75) is 26.3 Å². The molecular formula is C17H20N4O. The van der Waals surface area contributed by atoms with Gasteiger partial charge in [0.2, 0.25) is 0 Å². The minimum Gasteiger partial charge on any atom is -0.320 e. The fourth-order valence-corrected chi connectivity index (χ4v) is 2.61. The molecule has 1 aromatic heterocycles. The van der Waals surface area contributed by atoms with Crippen molar-refractivity contribution in [2.24, 2.45) is 0 Å². The van der Waals surface area contributed by atoms with Gasteiger partial charge < -0.3 is 4.90 Å². The summed E-state index contributed by atoms with van der Waals surface area (Å²) in [5.74, 6) is 0.596. The van der Waals surface area contributed by atoms with Gasteiger partial charge in [-0.15, -0.1) is 10.2 Å². The molecule has 1 saturated heterocycles. The Balaban J connectivity index is 1.88. The minimum atomic E-state index is -0.200. The van der Waals surface area contributed by atoms with Crippen LogP contribution in [0.15, 0.2) is 36.4 Å². The van der Waals surface area contributed by atoms with Gasteiger partial charge in [0, 0.05) is 12.6 Å². The highest BCUT2D eigenvalue weighted by Gasteiger charge is 2.41. The number of likely N-dealkylation sites (N-methyl/N-ethyl adjacent to an activating group) is 1. The SMILES string of the molecule is Cc1cccc(-c2ccc(N3CC(C)(C)N(C)C3=O)nn2)c1. The van der Waals surface area contributed by atoms with Crippen LogP contribution in [0.2, 0.25) is 0 Å². The van der Waals surface area contributed by atoms with Crippen molar-refractivity contribution in [3.05, 3.63) is 42.0 Å². The molecule has 0 saturated carbocycles. The van der Waals surface area contributed by atoms with Crippen LogP contribution in [0.4, 0.5) is 10.6 Å². The van der Waals surface area contributed by atoms with E-state index in [1.54, 1.807) is 9.80 Å². The maximum atomic E-state index is 12.3. The second-order valence-corrected chi connectivity index (χ2v) is 6.39. The van der Waals surface area contributed by atoms with E-state index in [9.17, 15) is 4.79 Å². The maximum absolute atomic E-state index is 12.3. The summed E-state index contributed by atoms with van der Waals surface area (Å²) in [6.07, 6.45) is 0. The first-order valence-corrected chi connectivity index (χ1v) is 7.34.